The van der Waals surface area contributed by atoms with E-state index in [0.717, 1.165) is 0 Å². The van der Waals surface area contributed by atoms with Gasteiger partial charge in [-0.2, -0.15) is 31.6 Å². The SMILES string of the molecule is [C]#N.[C]#N.[C]#N.[C]#N.[C]#N.[C]#N.[Co].[K].[K].[K]. The average Bonchev–Trinajstić information content (AvgIpc) is 2.33. The van der Waals surface area contributed by atoms with Crippen molar-refractivity contribution in [3.8, 4) is 0 Å². The number of nitrogens with zero attached hydrogens (tertiary/aromatic N) is 6. The monoisotopic (exact) mass is 332 g/mol. The van der Waals surface area contributed by atoms with Crippen molar-refractivity contribution in [2.24, 2.45) is 0 Å². The number of hydrogen-bond donors (Lipinski definition) is 0. The molecule has 10 heteroatoms. The Morgan fingerprint density at radius 3 is 0.312 bits per heavy atom. The normalized spacial score (nSPS) is 0.750. The van der Waals surface area contributed by atoms with Crippen molar-refractivity contribution in [1.29, 1.82) is 31.6 Å². The molecule has 0 unspecified atom stereocenters. The molecule has 0 aromatic rings. The molecule has 0 N–H and O–H groups in total. The van der Waals surface area contributed by atoms with Gasteiger partial charge in [-0.3, -0.25) is 0 Å². The molecule has 0 aliphatic rings. The van der Waals surface area contributed by atoms with Gasteiger partial charge in [0, 0.05) is 171 Å². The van der Waals surface area contributed by atoms with Crippen LogP contribution in [0.15, 0.2) is 0 Å². The van der Waals surface area contributed by atoms with Crippen molar-refractivity contribution in [2.45, 2.75) is 0 Å². The zero-order valence-corrected chi connectivity index (χ0v) is 19.4. The predicted octanol–water partition coefficient (Wildman–Crippen LogP) is -0.567. The van der Waals surface area contributed by atoms with E-state index in [1.807, 2.05) is 0 Å². The largest absolute Gasteiger partial charge is 0.181 e. The Kier molecular flexibility index (Phi) is 4140. The molecule has 16 heavy (non-hydrogen) atoms. The molecular formula is C6CoK3N6. The molecule has 0 aromatic heterocycles. The Morgan fingerprint density at radius 1 is 0.312 bits per heavy atom. The van der Waals surface area contributed by atoms with Crippen molar-refractivity contribution in [1.82, 2.24) is 0 Å². The fraction of sp³-hybridized carbons (Fsp3) is 0. The van der Waals surface area contributed by atoms with Crippen LogP contribution < -0.4 is 0 Å². The summed E-state index contributed by atoms with van der Waals surface area (Å²) < 4.78 is 0. The van der Waals surface area contributed by atoms with Crippen LogP contribution in [0.3, 0.4) is 0 Å². The van der Waals surface area contributed by atoms with Gasteiger partial charge in [-0.25, -0.2) is 0 Å². The third kappa shape index (κ3) is 695. The number of rotatable bonds is 0. The van der Waals surface area contributed by atoms with Crippen molar-refractivity contribution in [3.63, 3.8) is 0 Å². The van der Waals surface area contributed by atoms with Crippen LogP contribution in [0.4, 0.5) is 0 Å². The summed E-state index contributed by atoms with van der Waals surface area (Å²) >= 11 is 0. The molecule has 0 aliphatic carbocycles. The van der Waals surface area contributed by atoms with E-state index in [9.17, 15) is 0 Å². The summed E-state index contributed by atoms with van der Waals surface area (Å²) in [5, 5.41) is 37.5. The van der Waals surface area contributed by atoms with Gasteiger partial charge in [-0.1, -0.05) is 0 Å². The minimum Gasteiger partial charge on any atom is -0.181 e. The Morgan fingerprint density at radius 2 is 0.312 bits per heavy atom. The van der Waals surface area contributed by atoms with E-state index >= 15 is 0 Å². The van der Waals surface area contributed by atoms with E-state index in [1.165, 1.54) is 0 Å². The van der Waals surface area contributed by atoms with Crippen LogP contribution in [0, 0.1) is 71.0 Å². The van der Waals surface area contributed by atoms with Gasteiger partial charge < -0.3 is 0 Å². The Labute approximate surface area is 235 Å². The predicted molar refractivity (Wildman–Crippen MR) is 47.1 cm³/mol. The maximum Gasteiger partial charge on any atom is 0.181 e. The van der Waals surface area contributed by atoms with Crippen LogP contribution in [-0.4, -0.2) is 154 Å². The van der Waals surface area contributed by atoms with Crippen LogP contribution >= 0.6 is 0 Å². The van der Waals surface area contributed by atoms with Crippen molar-refractivity contribution >= 4 is 154 Å². The van der Waals surface area contributed by atoms with Gasteiger partial charge in [-0.15, -0.1) is 0 Å². The maximum atomic E-state index is 6.25. The first-order valence-electron chi connectivity index (χ1n) is 1.34. The smallest absolute Gasteiger partial charge is 0.181 e. The fourth-order valence-electron chi connectivity index (χ4n) is 0. The second-order valence-corrected chi connectivity index (χ2v) is 0. The van der Waals surface area contributed by atoms with Crippen LogP contribution in [0.2, 0.25) is 0 Å². The average molecular weight is 332 g/mol. The molecule has 0 saturated heterocycles. The quantitative estimate of drug-likeness (QED) is 0.544. The minimum absolute atomic E-state index is 0. The second-order valence-electron chi connectivity index (χ2n) is 0. The van der Waals surface area contributed by atoms with E-state index in [1.54, 1.807) is 0 Å². The molecule has 10 radical (unpaired) electrons. The van der Waals surface area contributed by atoms with Gasteiger partial charge in [0.15, 0.2) is 39.4 Å². The van der Waals surface area contributed by atoms with Crippen LogP contribution in [0.1, 0.15) is 0 Å². The minimum atomic E-state index is 0. The Balaban J connectivity index is -0.00000000321. The first-order chi connectivity index (χ1) is 6.00. The van der Waals surface area contributed by atoms with Crippen molar-refractivity contribution in [3.05, 3.63) is 39.4 Å². The van der Waals surface area contributed by atoms with Crippen LogP contribution in [0.5, 0.6) is 0 Å². The van der Waals surface area contributed by atoms with E-state index in [2.05, 4.69) is 0 Å². The Bertz CT molecular complexity index is 103. The maximum absolute atomic E-state index is 6.25. The molecule has 0 amide bonds. The molecular weight excluding hydrogens is 332 g/mol. The molecule has 0 bridgehead atoms. The molecule has 0 saturated carbocycles. The van der Waals surface area contributed by atoms with Crippen molar-refractivity contribution < 1.29 is 16.8 Å². The first kappa shape index (κ1) is 79.2. The summed E-state index contributed by atoms with van der Waals surface area (Å²) in [5.41, 5.74) is 0. The Hall–Kier alpha value is 2.36. The standard InChI is InChI=1S/6CN.Co.3K/c6*1-2;;;;. The summed E-state index contributed by atoms with van der Waals surface area (Å²) in [7, 11) is 0. The molecule has 0 rings (SSSR count). The molecule has 0 fully saturated rings. The van der Waals surface area contributed by atoms with Gasteiger partial charge in [0.05, 0.1) is 0 Å². The second kappa shape index (κ2) is 837. The topological polar surface area (TPSA) is 143 Å². The molecule has 0 aliphatic heterocycles. The zero-order valence-electron chi connectivity index (χ0n) is 9.02. The van der Waals surface area contributed by atoms with Crippen LogP contribution in [-0.2, 0) is 16.8 Å². The van der Waals surface area contributed by atoms with Gasteiger partial charge >= 0.3 is 0 Å². The van der Waals surface area contributed by atoms with E-state index < -0.39 is 0 Å². The van der Waals surface area contributed by atoms with Gasteiger partial charge in [0.1, 0.15) is 0 Å². The molecule has 0 atom stereocenters. The van der Waals surface area contributed by atoms with Crippen molar-refractivity contribution in [2.75, 3.05) is 0 Å². The summed E-state index contributed by atoms with van der Waals surface area (Å²) in [6.07, 6.45) is 0. The van der Waals surface area contributed by atoms with E-state index in [0.29, 0.717) is 0 Å². The third-order valence-electron chi connectivity index (χ3n) is 0. The fourth-order valence-corrected chi connectivity index (χ4v) is 0. The summed E-state index contributed by atoms with van der Waals surface area (Å²) in [6.45, 7) is 28.5. The van der Waals surface area contributed by atoms with E-state index in [4.69, 9.17) is 71.0 Å². The van der Waals surface area contributed by atoms with E-state index in [-0.39, 0.29) is 171 Å². The summed E-state index contributed by atoms with van der Waals surface area (Å²) in [6, 6.07) is 0. The van der Waals surface area contributed by atoms with Gasteiger partial charge in [0.25, 0.3) is 0 Å². The third-order valence-corrected chi connectivity index (χ3v) is 0. The molecule has 0 aromatic carbocycles. The number of hydrogen-bond acceptors (Lipinski definition) is 6. The molecule has 66 valence electrons. The first-order valence-corrected chi connectivity index (χ1v) is 1.34. The molecule has 6 nitrogen and oxygen atoms in total. The molecule has 0 spiro atoms. The zero-order chi connectivity index (χ0) is 12.0. The van der Waals surface area contributed by atoms with Crippen LogP contribution in [0.25, 0.3) is 0 Å². The van der Waals surface area contributed by atoms with Gasteiger partial charge in [0.2, 0.25) is 0 Å². The van der Waals surface area contributed by atoms with Gasteiger partial charge in [-0.05, 0) is 0 Å². The summed E-state index contributed by atoms with van der Waals surface area (Å²) in [5.74, 6) is 0. The molecule has 0 heterocycles. The summed E-state index contributed by atoms with van der Waals surface area (Å²) in [4.78, 5) is 0.